The molecule has 0 bridgehead atoms. The third-order valence-corrected chi connectivity index (χ3v) is 2.63. The van der Waals surface area contributed by atoms with Crippen molar-refractivity contribution in [3.8, 4) is 0 Å². The first-order valence-corrected chi connectivity index (χ1v) is 6.34. The summed E-state index contributed by atoms with van der Waals surface area (Å²) in [7, 11) is 0. The summed E-state index contributed by atoms with van der Waals surface area (Å²) in [4.78, 5) is 11.3. The minimum absolute atomic E-state index is 0.0437. The summed E-state index contributed by atoms with van der Waals surface area (Å²) in [6.45, 7) is 3.87. The van der Waals surface area contributed by atoms with Crippen molar-refractivity contribution in [2.75, 3.05) is 12.0 Å². The maximum atomic E-state index is 11.3. The van der Waals surface area contributed by atoms with E-state index in [1.807, 2.05) is 13.8 Å². The SMILES string of the molecule is CSCCCC(Cl)C(=O)NC(C)C. The fraction of sp³-hybridized carbons (Fsp3) is 0.889. The van der Waals surface area contributed by atoms with Gasteiger partial charge in [-0.3, -0.25) is 4.79 Å². The van der Waals surface area contributed by atoms with Gasteiger partial charge in [-0.25, -0.2) is 0 Å². The Kier molecular flexibility index (Phi) is 7.57. The molecule has 1 unspecified atom stereocenters. The standard InChI is InChI=1S/C9H18ClNOS/c1-7(2)11-9(12)8(10)5-4-6-13-3/h7-8H,4-6H2,1-3H3,(H,11,12). The van der Waals surface area contributed by atoms with Crippen LogP contribution in [0.25, 0.3) is 0 Å². The first kappa shape index (κ1) is 13.1. The smallest absolute Gasteiger partial charge is 0.238 e. The zero-order chi connectivity index (χ0) is 10.3. The maximum absolute atomic E-state index is 11.3. The molecule has 0 aromatic rings. The van der Waals surface area contributed by atoms with Gasteiger partial charge in [-0.05, 0) is 38.7 Å². The highest BCUT2D eigenvalue weighted by Crippen LogP contribution is 2.08. The van der Waals surface area contributed by atoms with Crippen LogP contribution in [0.5, 0.6) is 0 Å². The number of amides is 1. The lowest BCUT2D eigenvalue weighted by Gasteiger charge is -2.12. The van der Waals surface area contributed by atoms with Gasteiger partial charge in [0.25, 0.3) is 0 Å². The van der Waals surface area contributed by atoms with E-state index in [2.05, 4.69) is 11.6 Å². The quantitative estimate of drug-likeness (QED) is 0.553. The molecule has 0 aromatic carbocycles. The first-order chi connectivity index (χ1) is 6.07. The van der Waals surface area contributed by atoms with Crippen molar-refractivity contribution in [2.45, 2.75) is 38.1 Å². The molecule has 0 aliphatic rings. The van der Waals surface area contributed by atoms with Gasteiger partial charge in [-0.2, -0.15) is 11.8 Å². The fourth-order valence-corrected chi connectivity index (χ4v) is 1.59. The van der Waals surface area contributed by atoms with E-state index >= 15 is 0 Å². The number of rotatable bonds is 6. The van der Waals surface area contributed by atoms with Crippen LogP contribution in [0.1, 0.15) is 26.7 Å². The van der Waals surface area contributed by atoms with Gasteiger partial charge in [0.15, 0.2) is 0 Å². The van der Waals surface area contributed by atoms with E-state index in [9.17, 15) is 4.79 Å². The minimum atomic E-state index is -0.366. The van der Waals surface area contributed by atoms with Gasteiger partial charge in [0.05, 0.1) is 0 Å². The lowest BCUT2D eigenvalue weighted by molar-refractivity contribution is -0.121. The molecule has 0 saturated heterocycles. The van der Waals surface area contributed by atoms with Crippen molar-refractivity contribution in [1.82, 2.24) is 5.32 Å². The molecule has 0 spiro atoms. The van der Waals surface area contributed by atoms with E-state index in [-0.39, 0.29) is 17.3 Å². The van der Waals surface area contributed by atoms with E-state index in [0.29, 0.717) is 0 Å². The summed E-state index contributed by atoms with van der Waals surface area (Å²) in [5, 5.41) is 2.43. The van der Waals surface area contributed by atoms with Crippen molar-refractivity contribution in [1.29, 1.82) is 0 Å². The second-order valence-corrected chi connectivity index (χ2v) is 4.78. The van der Waals surface area contributed by atoms with Crippen LogP contribution in [0.2, 0.25) is 0 Å². The van der Waals surface area contributed by atoms with E-state index in [4.69, 9.17) is 11.6 Å². The highest BCUT2D eigenvalue weighted by atomic mass is 35.5. The molecule has 2 nitrogen and oxygen atoms in total. The van der Waals surface area contributed by atoms with Gasteiger partial charge in [0.1, 0.15) is 5.38 Å². The van der Waals surface area contributed by atoms with Crippen LogP contribution in [0.3, 0.4) is 0 Å². The van der Waals surface area contributed by atoms with Gasteiger partial charge in [0, 0.05) is 6.04 Å². The Bertz CT molecular complexity index is 153. The Morgan fingerprint density at radius 3 is 2.62 bits per heavy atom. The number of halogens is 1. The van der Waals surface area contributed by atoms with Gasteiger partial charge in [-0.15, -0.1) is 11.6 Å². The highest BCUT2D eigenvalue weighted by molar-refractivity contribution is 7.98. The summed E-state index contributed by atoms with van der Waals surface area (Å²) in [6, 6.07) is 0.175. The molecule has 13 heavy (non-hydrogen) atoms. The lowest BCUT2D eigenvalue weighted by atomic mass is 10.2. The molecule has 1 atom stereocenters. The number of alkyl halides is 1. The van der Waals surface area contributed by atoms with Crippen LogP contribution in [-0.4, -0.2) is 29.3 Å². The number of carbonyl (C=O) groups excluding carboxylic acids is 1. The lowest BCUT2D eigenvalue weighted by Crippen LogP contribution is -2.36. The monoisotopic (exact) mass is 223 g/mol. The van der Waals surface area contributed by atoms with Crippen molar-refractivity contribution in [3.63, 3.8) is 0 Å². The van der Waals surface area contributed by atoms with Crippen LogP contribution in [0.4, 0.5) is 0 Å². The molecule has 0 aliphatic carbocycles. The van der Waals surface area contributed by atoms with Crippen molar-refractivity contribution in [2.24, 2.45) is 0 Å². The summed E-state index contributed by atoms with van der Waals surface area (Å²) < 4.78 is 0. The van der Waals surface area contributed by atoms with Gasteiger partial charge in [0.2, 0.25) is 5.91 Å². The second kappa shape index (κ2) is 7.51. The molecule has 1 amide bonds. The third-order valence-electron chi connectivity index (χ3n) is 1.52. The summed E-state index contributed by atoms with van der Waals surface area (Å²) in [5.74, 6) is 1.02. The first-order valence-electron chi connectivity index (χ1n) is 4.51. The Balaban J connectivity index is 3.57. The average Bonchev–Trinajstić information content (AvgIpc) is 2.03. The number of nitrogens with one attached hydrogen (secondary N) is 1. The van der Waals surface area contributed by atoms with Crippen LogP contribution in [0.15, 0.2) is 0 Å². The van der Waals surface area contributed by atoms with E-state index in [1.165, 1.54) is 0 Å². The Morgan fingerprint density at radius 2 is 2.15 bits per heavy atom. The number of thioether (sulfide) groups is 1. The normalized spacial score (nSPS) is 13.0. The van der Waals surface area contributed by atoms with Gasteiger partial charge >= 0.3 is 0 Å². The number of carbonyl (C=O) groups is 1. The summed E-state index contributed by atoms with van der Waals surface area (Å²) in [5.41, 5.74) is 0. The van der Waals surface area contributed by atoms with Crippen LogP contribution in [0, 0.1) is 0 Å². The summed E-state index contributed by atoms with van der Waals surface area (Å²) in [6.07, 6.45) is 3.82. The molecule has 4 heteroatoms. The molecule has 0 fully saturated rings. The molecular formula is C9H18ClNOS. The molecule has 1 N–H and O–H groups in total. The Morgan fingerprint density at radius 1 is 1.54 bits per heavy atom. The molecule has 0 aromatic heterocycles. The topological polar surface area (TPSA) is 29.1 Å². The summed E-state index contributed by atoms with van der Waals surface area (Å²) >= 11 is 7.67. The molecular weight excluding hydrogens is 206 g/mol. The predicted octanol–water partition coefficient (Wildman–Crippen LogP) is 2.26. The largest absolute Gasteiger partial charge is 0.353 e. The molecule has 0 heterocycles. The molecule has 0 rings (SSSR count). The molecule has 0 radical (unpaired) electrons. The fourth-order valence-electron chi connectivity index (χ4n) is 0.913. The van der Waals surface area contributed by atoms with Crippen molar-refractivity contribution < 1.29 is 4.79 Å². The van der Waals surface area contributed by atoms with Gasteiger partial charge < -0.3 is 5.32 Å². The van der Waals surface area contributed by atoms with Crippen LogP contribution >= 0.6 is 23.4 Å². The molecule has 0 saturated carbocycles. The van der Waals surface area contributed by atoms with E-state index < -0.39 is 0 Å². The highest BCUT2D eigenvalue weighted by Gasteiger charge is 2.14. The third kappa shape index (κ3) is 7.20. The van der Waals surface area contributed by atoms with Crippen molar-refractivity contribution >= 4 is 29.3 Å². The maximum Gasteiger partial charge on any atom is 0.238 e. The van der Waals surface area contributed by atoms with Crippen molar-refractivity contribution in [3.05, 3.63) is 0 Å². The molecule has 0 aliphatic heterocycles. The van der Waals surface area contributed by atoms with Crippen LogP contribution in [-0.2, 0) is 4.79 Å². The number of hydrogen-bond acceptors (Lipinski definition) is 2. The predicted molar refractivity (Wildman–Crippen MR) is 60.5 cm³/mol. The molecule has 78 valence electrons. The zero-order valence-corrected chi connectivity index (χ0v) is 10.0. The van der Waals surface area contributed by atoms with E-state index in [0.717, 1.165) is 18.6 Å². The van der Waals surface area contributed by atoms with Gasteiger partial charge in [-0.1, -0.05) is 0 Å². The Labute approximate surface area is 89.8 Å². The number of hydrogen-bond donors (Lipinski definition) is 1. The Hall–Kier alpha value is 0.110. The van der Waals surface area contributed by atoms with E-state index in [1.54, 1.807) is 11.8 Å². The zero-order valence-electron chi connectivity index (χ0n) is 8.47. The second-order valence-electron chi connectivity index (χ2n) is 3.27. The average molecular weight is 224 g/mol. The van der Waals surface area contributed by atoms with Crippen LogP contribution < -0.4 is 5.32 Å². The minimum Gasteiger partial charge on any atom is -0.353 e.